The second-order valence-corrected chi connectivity index (χ2v) is 5.65. The molecule has 5 heteroatoms. The lowest BCUT2D eigenvalue weighted by Gasteiger charge is -2.35. The van der Waals surface area contributed by atoms with Gasteiger partial charge in [-0.05, 0) is 45.0 Å². The van der Waals surface area contributed by atoms with E-state index in [0.717, 1.165) is 25.5 Å². The number of benzene rings is 1. The van der Waals surface area contributed by atoms with Gasteiger partial charge in [0.15, 0.2) is 0 Å². The van der Waals surface area contributed by atoms with Crippen LogP contribution in [-0.4, -0.2) is 30.6 Å². The highest BCUT2D eigenvalue weighted by Gasteiger charge is 2.30. The quantitative estimate of drug-likeness (QED) is 0.917. The molecule has 112 valence electrons. The number of nitrogens with one attached hydrogen (secondary N) is 1. The van der Waals surface area contributed by atoms with Gasteiger partial charge in [0.25, 0.3) is 0 Å². The lowest BCUT2D eigenvalue weighted by atomic mass is 9.99. The number of hydrogen-bond donors (Lipinski definition) is 1. The predicted octanol–water partition coefficient (Wildman–Crippen LogP) is 3.28. The second-order valence-electron chi connectivity index (χ2n) is 5.65. The average Bonchev–Trinajstić information content (AvgIpc) is 2.38. The molecule has 1 N–H and O–H groups in total. The van der Waals surface area contributed by atoms with Crippen LogP contribution in [0.1, 0.15) is 30.9 Å². The molecular weight excluding hydrogens is 265 g/mol. The molecule has 1 unspecified atom stereocenters. The summed E-state index contributed by atoms with van der Waals surface area (Å²) >= 11 is 0. The van der Waals surface area contributed by atoms with Crippen molar-refractivity contribution in [2.45, 2.75) is 44.6 Å². The van der Waals surface area contributed by atoms with Crippen molar-refractivity contribution in [1.29, 1.82) is 0 Å². The van der Waals surface area contributed by atoms with Gasteiger partial charge in [-0.25, -0.2) is 0 Å². The molecule has 0 radical (unpaired) electrons. The molecule has 1 fully saturated rings. The number of piperidine rings is 1. The van der Waals surface area contributed by atoms with Crippen LogP contribution in [0, 0.1) is 0 Å². The Morgan fingerprint density at radius 2 is 2.10 bits per heavy atom. The Bertz CT molecular complexity index is 445. The first-order chi connectivity index (χ1) is 9.36. The van der Waals surface area contributed by atoms with Gasteiger partial charge in [0.1, 0.15) is 0 Å². The smallest absolute Gasteiger partial charge is 0.314 e. The molecule has 2 rings (SSSR count). The van der Waals surface area contributed by atoms with Gasteiger partial charge in [-0.3, -0.25) is 4.90 Å². The minimum absolute atomic E-state index is 0.431. The van der Waals surface area contributed by atoms with Gasteiger partial charge < -0.3 is 5.32 Å². The second kappa shape index (κ2) is 6.14. The van der Waals surface area contributed by atoms with Crippen molar-refractivity contribution in [1.82, 2.24) is 10.2 Å². The van der Waals surface area contributed by atoms with Gasteiger partial charge in [0.2, 0.25) is 0 Å². The number of halogens is 3. The summed E-state index contributed by atoms with van der Waals surface area (Å²) in [4.78, 5) is 2.16. The number of alkyl halides is 3. The van der Waals surface area contributed by atoms with Crippen LogP contribution in [0.5, 0.6) is 0 Å². The summed E-state index contributed by atoms with van der Waals surface area (Å²) in [6.45, 7) is 3.67. The summed E-state index contributed by atoms with van der Waals surface area (Å²) in [6.07, 6.45) is -2.19. The number of hydrogen-bond acceptors (Lipinski definition) is 2. The minimum atomic E-state index is -4.27. The Hall–Kier alpha value is -1.07. The summed E-state index contributed by atoms with van der Waals surface area (Å²) in [5.74, 6) is 0. The average molecular weight is 286 g/mol. The van der Waals surface area contributed by atoms with Gasteiger partial charge in [-0.1, -0.05) is 18.2 Å². The lowest BCUT2D eigenvalue weighted by molar-refractivity contribution is -0.137. The van der Waals surface area contributed by atoms with Crippen LogP contribution in [0.2, 0.25) is 0 Å². The van der Waals surface area contributed by atoms with Gasteiger partial charge in [0.05, 0.1) is 5.56 Å². The molecule has 0 aromatic heterocycles. The molecule has 2 nitrogen and oxygen atoms in total. The van der Waals surface area contributed by atoms with E-state index in [1.54, 1.807) is 6.07 Å². The zero-order chi connectivity index (χ0) is 14.8. The molecule has 1 aromatic rings. The predicted molar refractivity (Wildman–Crippen MR) is 73.4 cm³/mol. The molecule has 2 atom stereocenters. The molecule has 1 aliphatic rings. The van der Waals surface area contributed by atoms with E-state index in [4.69, 9.17) is 0 Å². The highest BCUT2D eigenvalue weighted by molar-refractivity contribution is 5.25. The Morgan fingerprint density at radius 3 is 2.75 bits per heavy atom. The maximum absolute atomic E-state index is 12.7. The van der Waals surface area contributed by atoms with Crippen molar-refractivity contribution in [3.8, 4) is 0 Å². The molecule has 0 amide bonds. The SMILES string of the molecule is C[C@H]1CC(N(C)Cc2cccc(C(F)(F)F)c2)CCN1. The molecule has 20 heavy (non-hydrogen) atoms. The van der Waals surface area contributed by atoms with E-state index in [1.165, 1.54) is 12.1 Å². The molecule has 1 aliphatic heterocycles. The first kappa shape index (κ1) is 15.3. The van der Waals surface area contributed by atoms with Crippen molar-refractivity contribution >= 4 is 0 Å². The lowest BCUT2D eigenvalue weighted by Crippen LogP contribution is -2.45. The van der Waals surface area contributed by atoms with E-state index in [0.29, 0.717) is 24.2 Å². The van der Waals surface area contributed by atoms with Crippen molar-refractivity contribution in [2.24, 2.45) is 0 Å². The standard InChI is InChI=1S/C15H21F3N2/c1-11-8-14(6-7-19-11)20(2)10-12-4-3-5-13(9-12)15(16,17)18/h3-5,9,11,14,19H,6-8,10H2,1-2H3/t11-,14?/m0/s1. The van der Waals surface area contributed by atoms with E-state index in [9.17, 15) is 13.2 Å². The van der Waals surface area contributed by atoms with Gasteiger partial charge in [-0.2, -0.15) is 13.2 Å². The zero-order valence-electron chi connectivity index (χ0n) is 11.9. The third-order valence-corrected chi connectivity index (χ3v) is 3.91. The van der Waals surface area contributed by atoms with Crippen molar-refractivity contribution in [3.05, 3.63) is 35.4 Å². The highest BCUT2D eigenvalue weighted by Crippen LogP contribution is 2.30. The summed E-state index contributed by atoms with van der Waals surface area (Å²) < 4.78 is 38.1. The van der Waals surface area contributed by atoms with E-state index >= 15 is 0 Å². The van der Waals surface area contributed by atoms with Gasteiger partial charge in [0, 0.05) is 18.6 Å². The molecule has 0 spiro atoms. The first-order valence-corrected chi connectivity index (χ1v) is 6.96. The van der Waals surface area contributed by atoms with E-state index in [2.05, 4.69) is 17.1 Å². The maximum Gasteiger partial charge on any atom is 0.416 e. The van der Waals surface area contributed by atoms with Crippen molar-refractivity contribution < 1.29 is 13.2 Å². The molecule has 0 aliphatic carbocycles. The van der Waals surface area contributed by atoms with Gasteiger partial charge in [-0.15, -0.1) is 0 Å². The Morgan fingerprint density at radius 1 is 1.35 bits per heavy atom. The Balaban J connectivity index is 2.02. The van der Waals surface area contributed by atoms with E-state index in [1.807, 2.05) is 7.05 Å². The van der Waals surface area contributed by atoms with Crippen molar-refractivity contribution in [3.63, 3.8) is 0 Å². The van der Waals surface area contributed by atoms with Crippen LogP contribution >= 0.6 is 0 Å². The summed E-state index contributed by atoms with van der Waals surface area (Å²) in [7, 11) is 1.99. The zero-order valence-corrected chi connectivity index (χ0v) is 11.9. The first-order valence-electron chi connectivity index (χ1n) is 6.96. The largest absolute Gasteiger partial charge is 0.416 e. The number of rotatable bonds is 3. The van der Waals surface area contributed by atoms with Crippen LogP contribution in [0.3, 0.4) is 0 Å². The molecule has 0 bridgehead atoms. The topological polar surface area (TPSA) is 15.3 Å². The van der Waals surface area contributed by atoms with Crippen LogP contribution < -0.4 is 5.32 Å². The van der Waals surface area contributed by atoms with E-state index in [-0.39, 0.29) is 0 Å². The number of nitrogens with zero attached hydrogens (tertiary/aromatic N) is 1. The summed E-state index contributed by atoms with van der Waals surface area (Å²) in [6, 6.07) is 6.52. The summed E-state index contributed by atoms with van der Waals surface area (Å²) in [5, 5.41) is 3.38. The normalized spacial score (nSPS) is 24.1. The van der Waals surface area contributed by atoms with Crippen LogP contribution in [0.4, 0.5) is 13.2 Å². The van der Waals surface area contributed by atoms with Crippen LogP contribution in [-0.2, 0) is 12.7 Å². The molecular formula is C15H21F3N2. The molecule has 1 heterocycles. The maximum atomic E-state index is 12.7. The highest BCUT2D eigenvalue weighted by atomic mass is 19.4. The third-order valence-electron chi connectivity index (χ3n) is 3.91. The fourth-order valence-corrected chi connectivity index (χ4v) is 2.77. The Labute approximate surface area is 118 Å². The fourth-order valence-electron chi connectivity index (χ4n) is 2.77. The molecule has 1 aromatic carbocycles. The monoisotopic (exact) mass is 286 g/mol. The Kier molecular flexibility index (Phi) is 4.70. The summed E-state index contributed by atoms with van der Waals surface area (Å²) in [5.41, 5.74) is 0.149. The van der Waals surface area contributed by atoms with Crippen molar-refractivity contribution in [2.75, 3.05) is 13.6 Å². The third kappa shape index (κ3) is 3.96. The minimum Gasteiger partial charge on any atom is -0.314 e. The molecule has 1 saturated heterocycles. The molecule has 0 saturated carbocycles. The van der Waals surface area contributed by atoms with Gasteiger partial charge >= 0.3 is 6.18 Å². The van der Waals surface area contributed by atoms with E-state index < -0.39 is 11.7 Å². The van der Waals surface area contributed by atoms with Crippen LogP contribution in [0.25, 0.3) is 0 Å². The van der Waals surface area contributed by atoms with Crippen LogP contribution in [0.15, 0.2) is 24.3 Å². The fraction of sp³-hybridized carbons (Fsp3) is 0.600.